The Bertz CT molecular complexity index is 1140. The predicted molar refractivity (Wildman–Crippen MR) is 118 cm³/mol. The average Bonchev–Trinajstić information content (AvgIpc) is 3.36. The molecule has 2 aliphatic rings. The Hall–Kier alpha value is -2.66. The number of carbonyl (C=O) groups is 1. The summed E-state index contributed by atoms with van der Waals surface area (Å²) in [6, 6.07) is 6.08. The third-order valence-corrected chi connectivity index (χ3v) is 6.22. The van der Waals surface area contributed by atoms with Crippen molar-refractivity contribution < 1.29 is 13.9 Å². The molecule has 1 atom stereocenters. The molecule has 1 N–H and O–H groups in total. The third kappa shape index (κ3) is 3.31. The van der Waals surface area contributed by atoms with Gasteiger partial charge in [0.2, 0.25) is 5.71 Å². The lowest BCUT2D eigenvalue weighted by Gasteiger charge is -2.30. The van der Waals surface area contributed by atoms with Crippen LogP contribution in [0.1, 0.15) is 47.0 Å². The van der Waals surface area contributed by atoms with Gasteiger partial charge in [-0.15, -0.1) is 0 Å². The number of aryl methyl sites for hydroxylation is 1. The molecule has 1 amide bonds. The molecule has 1 unspecified atom stereocenters. The molecular weight excluding hydrogens is 399 g/mol. The summed E-state index contributed by atoms with van der Waals surface area (Å²) in [5, 5.41) is 4.16. The van der Waals surface area contributed by atoms with E-state index in [4.69, 9.17) is 9.15 Å². The van der Waals surface area contributed by atoms with Gasteiger partial charge in [0.05, 0.1) is 10.9 Å². The van der Waals surface area contributed by atoms with E-state index in [1.165, 1.54) is 11.9 Å². The molecule has 1 aliphatic heterocycles. The van der Waals surface area contributed by atoms with E-state index < -0.39 is 0 Å². The summed E-state index contributed by atoms with van der Waals surface area (Å²) in [6.07, 6.45) is 4.96. The molecular formula is C22H25N4O3P. The maximum Gasteiger partial charge on any atom is 0.258 e. The maximum atomic E-state index is 13.6. The van der Waals surface area contributed by atoms with E-state index in [0.717, 1.165) is 30.6 Å². The fraction of sp³-hybridized carbons (Fsp3) is 0.409. The fourth-order valence-electron chi connectivity index (χ4n) is 4.10. The van der Waals surface area contributed by atoms with Gasteiger partial charge in [0.25, 0.3) is 5.91 Å². The number of rotatable bonds is 5. The molecule has 0 saturated heterocycles. The number of nitrogens with zero attached hydrogens (tertiary/aromatic N) is 3. The number of nitrogens with one attached hydrogen (secondary N) is 1. The van der Waals surface area contributed by atoms with E-state index in [0.29, 0.717) is 47.7 Å². The van der Waals surface area contributed by atoms with Gasteiger partial charge in [-0.25, -0.2) is 9.97 Å². The minimum absolute atomic E-state index is 0.0290. The van der Waals surface area contributed by atoms with Crippen LogP contribution in [0.25, 0.3) is 11.1 Å². The topological polar surface area (TPSA) is 80.5 Å². The number of fused-ring (bicyclic) bond motifs is 2. The van der Waals surface area contributed by atoms with Crippen molar-refractivity contribution >= 4 is 32.1 Å². The summed E-state index contributed by atoms with van der Waals surface area (Å²) in [6.45, 7) is 5.13. The Balaban J connectivity index is 1.52. The van der Waals surface area contributed by atoms with Crippen LogP contribution in [-0.4, -0.2) is 39.2 Å². The zero-order valence-corrected chi connectivity index (χ0v) is 18.4. The lowest BCUT2D eigenvalue weighted by atomic mass is 9.98. The van der Waals surface area contributed by atoms with Crippen LogP contribution >= 0.6 is 9.24 Å². The van der Waals surface area contributed by atoms with Crippen molar-refractivity contribution in [2.75, 3.05) is 18.2 Å². The van der Waals surface area contributed by atoms with Crippen LogP contribution in [0.5, 0.6) is 5.75 Å². The number of anilines is 1. The first-order valence-corrected chi connectivity index (χ1v) is 11.1. The number of ether oxygens (including phenoxy) is 1. The molecule has 1 saturated carbocycles. The van der Waals surface area contributed by atoms with E-state index in [2.05, 4.69) is 37.5 Å². The summed E-state index contributed by atoms with van der Waals surface area (Å²) >= 11 is 0. The largest absolute Gasteiger partial charge is 0.489 e. The second-order valence-corrected chi connectivity index (χ2v) is 8.64. The van der Waals surface area contributed by atoms with Crippen LogP contribution in [0.3, 0.4) is 0 Å². The minimum Gasteiger partial charge on any atom is -0.489 e. The van der Waals surface area contributed by atoms with Crippen molar-refractivity contribution in [3.05, 3.63) is 47.0 Å². The normalized spacial score (nSPS) is 17.0. The highest BCUT2D eigenvalue weighted by Crippen LogP contribution is 2.40. The summed E-state index contributed by atoms with van der Waals surface area (Å²) < 4.78 is 11.6. The van der Waals surface area contributed by atoms with Crippen LogP contribution in [0, 0.1) is 6.92 Å². The van der Waals surface area contributed by atoms with Gasteiger partial charge in [-0.1, -0.05) is 21.4 Å². The SMILES string of the molecule is Cc1oc2ncnc(NC3(C)CC3)c2c1C(=O)N1CCc2cccc(OCP)c2C1. The van der Waals surface area contributed by atoms with Crippen LogP contribution in [0.2, 0.25) is 0 Å². The molecule has 1 aromatic carbocycles. The Kier molecular flexibility index (Phi) is 4.66. The second-order valence-electron chi connectivity index (χ2n) is 8.30. The molecule has 156 valence electrons. The van der Waals surface area contributed by atoms with Gasteiger partial charge in [0.1, 0.15) is 30.0 Å². The first-order valence-electron chi connectivity index (χ1n) is 10.2. The molecule has 8 heteroatoms. The van der Waals surface area contributed by atoms with Crippen molar-refractivity contribution in [3.8, 4) is 5.75 Å². The van der Waals surface area contributed by atoms with E-state index in [1.54, 1.807) is 0 Å². The quantitative estimate of drug-likeness (QED) is 0.626. The Morgan fingerprint density at radius 1 is 1.37 bits per heavy atom. The maximum absolute atomic E-state index is 13.6. The van der Waals surface area contributed by atoms with Gasteiger partial charge in [-0.05, 0) is 44.7 Å². The van der Waals surface area contributed by atoms with Crippen molar-refractivity contribution in [3.63, 3.8) is 0 Å². The van der Waals surface area contributed by atoms with Crippen LogP contribution < -0.4 is 10.1 Å². The second kappa shape index (κ2) is 7.24. The van der Waals surface area contributed by atoms with Gasteiger partial charge in [0.15, 0.2) is 0 Å². The smallest absolute Gasteiger partial charge is 0.258 e. The first-order chi connectivity index (χ1) is 14.5. The van der Waals surface area contributed by atoms with Gasteiger partial charge < -0.3 is 19.4 Å². The molecule has 1 aliphatic carbocycles. The van der Waals surface area contributed by atoms with Crippen molar-refractivity contribution in [1.29, 1.82) is 0 Å². The van der Waals surface area contributed by atoms with Gasteiger partial charge in [-0.3, -0.25) is 4.79 Å². The molecule has 1 fully saturated rings. The molecule has 0 radical (unpaired) electrons. The summed E-state index contributed by atoms with van der Waals surface area (Å²) in [4.78, 5) is 24.2. The molecule has 5 rings (SSSR count). The van der Waals surface area contributed by atoms with Gasteiger partial charge in [-0.2, -0.15) is 0 Å². The molecule has 0 bridgehead atoms. The highest BCUT2D eigenvalue weighted by molar-refractivity contribution is 7.16. The van der Waals surface area contributed by atoms with Crippen molar-refractivity contribution in [1.82, 2.24) is 14.9 Å². The molecule has 3 heterocycles. The van der Waals surface area contributed by atoms with E-state index in [1.807, 2.05) is 24.0 Å². The molecule has 2 aromatic heterocycles. The van der Waals surface area contributed by atoms with E-state index in [-0.39, 0.29) is 11.4 Å². The summed E-state index contributed by atoms with van der Waals surface area (Å²) in [5.41, 5.74) is 3.33. The Morgan fingerprint density at radius 2 is 2.20 bits per heavy atom. The fourth-order valence-corrected chi connectivity index (χ4v) is 4.28. The number of hydrogen-bond acceptors (Lipinski definition) is 6. The average molecular weight is 424 g/mol. The third-order valence-electron chi connectivity index (χ3n) is 6.05. The molecule has 7 nitrogen and oxygen atoms in total. The lowest BCUT2D eigenvalue weighted by Crippen LogP contribution is -2.36. The Labute approximate surface area is 177 Å². The summed E-state index contributed by atoms with van der Waals surface area (Å²) in [5.74, 6) is 2.02. The van der Waals surface area contributed by atoms with Crippen molar-refractivity contribution in [2.45, 2.75) is 45.2 Å². The van der Waals surface area contributed by atoms with Crippen LogP contribution in [0.15, 0.2) is 28.9 Å². The first kappa shape index (κ1) is 19.3. The number of hydrogen-bond donors (Lipinski definition) is 1. The van der Waals surface area contributed by atoms with Gasteiger partial charge >= 0.3 is 0 Å². The van der Waals surface area contributed by atoms with Crippen molar-refractivity contribution in [2.24, 2.45) is 0 Å². The molecule has 30 heavy (non-hydrogen) atoms. The summed E-state index contributed by atoms with van der Waals surface area (Å²) in [7, 11) is 2.57. The number of amides is 1. The van der Waals surface area contributed by atoms with Gasteiger partial charge in [0, 0.05) is 24.2 Å². The minimum atomic E-state index is -0.0589. The number of benzene rings is 1. The standard InChI is InChI=1S/C22H25N4O3P/c1-13-17(18-19(25-22(2)7-8-22)23-11-24-20(18)29-13)21(27)26-9-6-14-4-3-5-16(28-12-30)15(14)10-26/h3-5,11H,6-10,12,30H2,1-2H3,(H,23,24,25). The molecule has 3 aromatic rings. The highest BCUT2D eigenvalue weighted by Gasteiger charge is 2.39. The van der Waals surface area contributed by atoms with Crippen LogP contribution in [-0.2, 0) is 13.0 Å². The van der Waals surface area contributed by atoms with E-state index >= 15 is 0 Å². The zero-order chi connectivity index (χ0) is 20.9. The van der Waals surface area contributed by atoms with E-state index in [9.17, 15) is 4.79 Å². The zero-order valence-electron chi connectivity index (χ0n) is 17.2. The lowest BCUT2D eigenvalue weighted by molar-refractivity contribution is 0.0733. The Morgan fingerprint density at radius 3 is 2.97 bits per heavy atom. The highest BCUT2D eigenvalue weighted by atomic mass is 31.0. The number of furan rings is 1. The number of aromatic nitrogens is 2. The predicted octanol–water partition coefficient (Wildman–Crippen LogP) is 3.91. The number of carbonyl (C=O) groups excluding carboxylic acids is 1. The molecule has 0 spiro atoms. The monoisotopic (exact) mass is 424 g/mol. The van der Waals surface area contributed by atoms with Crippen LogP contribution in [0.4, 0.5) is 5.82 Å².